The van der Waals surface area contributed by atoms with Gasteiger partial charge in [0, 0.05) is 24.7 Å². The zero-order valence-electron chi connectivity index (χ0n) is 14.8. The quantitative estimate of drug-likeness (QED) is 0.833. The minimum Gasteiger partial charge on any atom is -0.393 e. The van der Waals surface area contributed by atoms with Gasteiger partial charge in [0.1, 0.15) is 0 Å². The molecule has 0 saturated carbocycles. The van der Waals surface area contributed by atoms with E-state index in [-0.39, 0.29) is 12.0 Å². The van der Waals surface area contributed by atoms with E-state index in [9.17, 15) is 9.90 Å². The van der Waals surface area contributed by atoms with Gasteiger partial charge >= 0.3 is 0 Å². The van der Waals surface area contributed by atoms with Crippen molar-refractivity contribution in [3.8, 4) is 10.6 Å². The summed E-state index contributed by atoms with van der Waals surface area (Å²) in [6.07, 6.45) is 8.65. The highest BCUT2D eigenvalue weighted by Gasteiger charge is 2.24. The van der Waals surface area contributed by atoms with Gasteiger partial charge in [-0.1, -0.05) is 35.0 Å². The molecule has 1 fully saturated rings. The number of aliphatic hydroxyl groups is 1. The molecule has 4 rings (SSSR count). The van der Waals surface area contributed by atoms with E-state index in [1.54, 1.807) is 0 Å². The highest BCUT2D eigenvalue weighted by atomic mass is 35.5. The van der Waals surface area contributed by atoms with Crippen LogP contribution in [0.2, 0.25) is 4.34 Å². The van der Waals surface area contributed by atoms with Crippen molar-refractivity contribution in [1.82, 2.24) is 10.1 Å². The Bertz CT molecular complexity index is 877. The monoisotopic (exact) mass is 404 g/mol. The highest BCUT2D eigenvalue weighted by Crippen LogP contribution is 2.32. The van der Waals surface area contributed by atoms with Crippen molar-refractivity contribution in [3.05, 3.63) is 52.0 Å². The normalized spacial score (nSPS) is 20.7. The van der Waals surface area contributed by atoms with E-state index in [1.165, 1.54) is 11.3 Å². The molecule has 142 valence electrons. The van der Waals surface area contributed by atoms with Gasteiger partial charge in [-0.25, -0.2) is 0 Å². The van der Waals surface area contributed by atoms with Crippen LogP contribution >= 0.6 is 22.9 Å². The molecule has 3 heterocycles. The summed E-state index contributed by atoms with van der Waals surface area (Å²) in [7, 11) is 0. The van der Waals surface area contributed by atoms with E-state index in [1.807, 2.05) is 35.3 Å². The number of thiophene rings is 1. The Kier molecular flexibility index (Phi) is 5.48. The van der Waals surface area contributed by atoms with Crippen LogP contribution < -0.4 is 0 Å². The molecule has 1 aliphatic carbocycles. The summed E-state index contributed by atoms with van der Waals surface area (Å²) in [6.45, 7) is 1.26. The van der Waals surface area contributed by atoms with E-state index in [0.29, 0.717) is 31.8 Å². The first-order valence-electron chi connectivity index (χ1n) is 9.15. The first-order chi connectivity index (χ1) is 13.1. The van der Waals surface area contributed by atoms with Crippen LogP contribution in [0.4, 0.5) is 0 Å². The Morgan fingerprint density at radius 2 is 2.19 bits per heavy atom. The fourth-order valence-electron chi connectivity index (χ4n) is 3.47. The summed E-state index contributed by atoms with van der Waals surface area (Å²) < 4.78 is 6.16. The first kappa shape index (κ1) is 18.5. The maximum Gasteiger partial charge on any atom is 0.253 e. The van der Waals surface area contributed by atoms with Crippen LogP contribution in [0.1, 0.15) is 25.0 Å². The number of aromatic nitrogens is 1. The third-order valence-corrected chi connectivity index (χ3v) is 6.28. The third-order valence-electron chi connectivity index (χ3n) is 5.03. The molecule has 1 unspecified atom stereocenters. The largest absolute Gasteiger partial charge is 0.393 e. The summed E-state index contributed by atoms with van der Waals surface area (Å²) in [5.74, 6) is 1.10. The van der Waals surface area contributed by atoms with Gasteiger partial charge in [0.15, 0.2) is 5.76 Å². The molecule has 0 bridgehead atoms. The molecular weight excluding hydrogens is 384 g/mol. The second-order valence-corrected chi connectivity index (χ2v) is 8.74. The molecule has 1 amide bonds. The van der Waals surface area contributed by atoms with Gasteiger partial charge in [0.2, 0.25) is 0 Å². The number of hydrogen-bond acceptors (Lipinski definition) is 5. The molecule has 7 heteroatoms. The minimum absolute atomic E-state index is 0.0647. The molecule has 1 atom stereocenters. The highest BCUT2D eigenvalue weighted by molar-refractivity contribution is 7.19. The Labute approximate surface area is 166 Å². The summed E-state index contributed by atoms with van der Waals surface area (Å²) in [5, 5.41) is 13.7. The maximum absolute atomic E-state index is 12.6. The predicted molar refractivity (Wildman–Crippen MR) is 106 cm³/mol. The molecular formula is C20H21ClN2O3S. The molecule has 1 saturated heterocycles. The van der Waals surface area contributed by atoms with Crippen LogP contribution in [0, 0.1) is 5.92 Å². The number of rotatable bonds is 4. The van der Waals surface area contributed by atoms with Gasteiger partial charge in [-0.2, -0.15) is 0 Å². The number of piperidine rings is 1. The second-order valence-electron chi connectivity index (χ2n) is 7.03. The number of nitrogens with zero attached hydrogens (tertiary/aromatic N) is 2. The first-order valence-corrected chi connectivity index (χ1v) is 10.3. The second kappa shape index (κ2) is 8.00. The Balaban J connectivity index is 1.33. The molecule has 0 radical (unpaired) electrons. The zero-order chi connectivity index (χ0) is 18.8. The fraction of sp³-hybridized carbons (Fsp3) is 0.400. The number of allylic oxidation sites excluding steroid dienone is 2. The lowest BCUT2D eigenvalue weighted by molar-refractivity contribution is -0.128. The Morgan fingerprint density at radius 1 is 1.37 bits per heavy atom. The summed E-state index contributed by atoms with van der Waals surface area (Å²) in [5.41, 5.74) is 1.65. The number of amides is 1. The van der Waals surface area contributed by atoms with Crippen LogP contribution in [0.5, 0.6) is 0 Å². The van der Waals surface area contributed by atoms with Crippen molar-refractivity contribution in [2.75, 3.05) is 13.1 Å². The number of aliphatic hydroxyl groups excluding tert-OH is 1. The molecule has 0 spiro atoms. The number of likely N-dealkylation sites (tertiary alicyclic amines) is 1. The van der Waals surface area contributed by atoms with Gasteiger partial charge in [-0.05, 0) is 43.7 Å². The molecule has 2 aromatic heterocycles. The van der Waals surface area contributed by atoms with Crippen LogP contribution in [-0.4, -0.2) is 40.3 Å². The minimum atomic E-state index is -0.271. The van der Waals surface area contributed by atoms with Crippen LogP contribution in [0.3, 0.4) is 0 Å². The summed E-state index contributed by atoms with van der Waals surface area (Å²) in [6, 6.07) is 5.73. The molecule has 27 heavy (non-hydrogen) atoms. The van der Waals surface area contributed by atoms with Gasteiger partial charge < -0.3 is 14.5 Å². The van der Waals surface area contributed by atoms with E-state index in [2.05, 4.69) is 11.2 Å². The van der Waals surface area contributed by atoms with Crippen molar-refractivity contribution in [2.45, 2.75) is 31.8 Å². The van der Waals surface area contributed by atoms with Gasteiger partial charge in [0.25, 0.3) is 5.91 Å². The van der Waals surface area contributed by atoms with E-state index < -0.39 is 0 Å². The van der Waals surface area contributed by atoms with Gasteiger partial charge in [0.05, 0.1) is 21.0 Å². The topological polar surface area (TPSA) is 66.6 Å². The molecule has 2 aromatic rings. The van der Waals surface area contributed by atoms with Crippen LogP contribution in [-0.2, 0) is 11.2 Å². The van der Waals surface area contributed by atoms with Crippen molar-refractivity contribution in [1.29, 1.82) is 0 Å². The fourth-order valence-corrected chi connectivity index (χ4v) is 4.46. The maximum atomic E-state index is 12.6. The lowest BCUT2D eigenvalue weighted by Crippen LogP contribution is -2.40. The van der Waals surface area contributed by atoms with Gasteiger partial charge in [-0.15, -0.1) is 11.3 Å². The van der Waals surface area contributed by atoms with E-state index in [4.69, 9.17) is 16.1 Å². The number of carbonyl (C=O) groups is 1. The molecule has 1 N–H and O–H groups in total. The molecule has 1 aliphatic heterocycles. The molecule has 0 aromatic carbocycles. The van der Waals surface area contributed by atoms with Crippen molar-refractivity contribution >= 4 is 28.8 Å². The standard InChI is InChI=1S/C20H21ClN2O3S/c21-19-6-5-18(27-19)17-12-15(22-26-17)11-13-1-3-14(4-2-13)20(25)23-9-7-16(24)8-10-23/h1,3-6,12-13,16,24H,2,7-11H2. The van der Waals surface area contributed by atoms with Crippen molar-refractivity contribution in [2.24, 2.45) is 5.92 Å². The average molecular weight is 405 g/mol. The van der Waals surface area contributed by atoms with Crippen LogP contribution in [0.15, 0.2) is 46.5 Å². The molecule has 2 aliphatic rings. The summed E-state index contributed by atoms with van der Waals surface area (Å²) >= 11 is 7.44. The summed E-state index contributed by atoms with van der Waals surface area (Å²) in [4.78, 5) is 15.4. The van der Waals surface area contributed by atoms with Gasteiger partial charge in [-0.3, -0.25) is 4.79 Å². The number of halogens is 1. The number of carbonyl (C=O) groups excluding carboxylic acids is 1. The Morgan fingerprint density at radius 3 is 2.85 bits per heavy atom. The predicted octanol–water partition coefficient (Wildman–Crippen LogP) is 4.08. The molecule has 5 nitrogen and oxygen atoms in total. The Hall–Kier alpha value is -1.89. The average Bonchev–Trinajstić information content (AvgIpc) is 3.31. The smallest absolute Gasteiger partial charge is 0.253 e. The zero-order valence-corrected chi connectivity index (χ0v) is 16.4. The van der Waals surface area contributed by atoms with Crippen molar-refractivity contribution < 1.29 is 14.4 Å². The van der Waals surface area contributed by atoms with E-state index >= 15 is 0 Å². The van der Waals surface area contributed by atoms with Crippen LogP contribution in [0.25, 0.3) is 10.6 Å². The number of hydrogen-bond donors (Lipinski definition) is 1. The lowest BCUT2D eigenvalue weighted by atomic mass is 9.92. The van der Waals surface area contributed by atoms with Crippen molar-refractivity contribution in [3.63, 3.8) is 0 Å². The third kappa shape index (κ3) is 4.34. The SMILES string of the molecule is O=C(C1=CCC(Cc2cc(-c3ccc(Cl)s3)on2)C=C1)N1CCC(O)CC1. The van der Waals surface area contributed by atoms with E-state index in [0.717, 1.165) is 39.1 Å². The lowest BCUT2D eigenvalue weighted by Gasteiger charge is -2.30.